The first kappa shape index (κ1) is 24.3. The summed E-state index contributed by atoms with van der Waals surface area (Å²) in [5.74, 6) is -1.70. The van der Waals surface area contributed by atoms with E-state index in [1.807, 2.05) is 0 Å². The van der Waals surface area contributed by atoms with E-state index in [1.54, 1.807) is 12.1 Å². The number of ether oxygens (including phenoxy) is 1. The van der Waals surface area contributed by atoms with E-state index in [0.717, 1.165) is 11.6 Å². The molecule has 2 aliphatic rings. The maximum Gasteiger partial charge on any atom is 0.277 e. The number of nitrogens with one attached hydrogen (secondary N) is 4. The molecule has 0 spiro atoms. The Morgan fingerprint density at radius 1 is 1.06 bits per heavy atom. The summed E-state index contributed by atoms with van der Waals surface area (Å²) in [6.07, 6.45) is 1.93. The largest absolute Gasteiger partial charge is 0.365 e. The summed E-state index contributed by atoms with van der Waals surface area (Å²) in [6.45, 7) is 1.63. The molecule has 0 amide bonds. The number of hydrogen-bond donors (Lipinski definition) is 4. The Balaban J connectivity index is 1.30. The van der Waals surface area contributed by atoms with Crippen molar-refractivity contribution in [1.29, 1.82) is 0 Å². The third kappa shape index (κ3) is 5.39. The van der Waals surface area contributed by atoms with Crippen molar-refractivity contribution in [3.8, 4) is 11.3 Å². The molecule has 4 N–H and O–H groups in total. The van der Waals surface area contributed by atoms with E-state index < -0.39 is 21.8 Å². The molecule has 1 saturated carbocycles. The molecule has 0 bridgehead atoms. The smallest absolute Gasteiger partial charge is 0.277 e. The van der Waals surface area contributed by atoms with Crippen LogP contribution in [0, 0.1) is 23.4 Å². The van der Waals surface area contributed by atoms with E-state index in [1.165, 1.54) is 18.2 Å². The van der Waals surface area contributed by atoms with Crippen molar-refractivity contribution in [2.45, 2.75) is 31.2 Å². The van der Waals surface area contributed by atoms with Gasteiger partial charge in [0.2, 0.25) is 0 Å². The number of hydrogen-bond acceptors (Lipinski definition) is 4. The molecule has 3 aromatic rings. The highest BCUT2D eigenvalue weighted by atomic mass is 32.2. The lowest BCUT2D eigenvalue weighted by Crippen LogP contribution is -2.47. The fourth-order valence-corrected chi connectivity index (χ4v) is 6.10. The maximum atomic E-state index is 14.5. The molecule has 7 nitrogen and oxygen atoms in total. The molecule has 2 aromatic carbocycles. The molecule has 35 heavy (non-hydrogen) atoms. The third-order valence-electron chi connectivity index (χ3n) is 6.72. The molecule has 5 rings (SSSR count). The first-order valence-corrected chi connectivity index (χ1v) is 13.1. The van der Waals surface area contributed by atoms with Crippen molar-refractivity contribution in [1.82, 2.24) is 19.7 Å². The van der Waals surface area contributed by atoms with Crippen molar-refractivity contribution in [2.24, 2.45) is 5.92 Å². The van der Waals surface area contributed by atoms with Gasteiger partial charge in [-0.1, -0.05) is 0 Å². The maximum absolute atomic E-state index is 14.5. The van der Waals surface area contributed by atoms with E-state index in [9.17, 15) is 21.6 Å². The summed E-state index contributed by atoms with van der Waals surface area (Å²) >= 11 is 0. The van der Waals surface area contributed by atoms with Crippen molar-refractivity contribution in [3.05, 3.63) is 59.4 Å². The molecule has 1 aliphatic carbocycles. The quantitative estimate of drug-likeness (QED) is 0.393. The highest BCUT2D eigenvalue weighted by Crippen LogP contribution is 2.48. The SMILES string of the molecule is O=S(=O)(NCC1CC(c2c(-c3ccc(F)cc3)[nH]c3c(F)cc(F)cc23)C1)N[C@@H]1CCNCOC1. The van der Waals surface area contributed by atoms with Crippen molar-refractivity contribution in [2.75, 3.05) is 26.4 Å². The molecule has 1 saturated heterocycles. The van der Waals surface area contributed by atoms with Crippen LogP contribution in [0.2, 0.25) is 0 Å². The Kier molecular flexibility index (Phi) is 6.86. The number of halogens is 3. The van der Waals surface area contributed by atoms with Gasteiger partial charge in [-0.25, -0.2) is 17.9 Å². The van der Waals surface area contributed by atoms with Crippen molar-refractivity contribution < 1.29 is 26.3 Å². The summed E-state index contributed by atoms with van der Waals surface area (Å²) in [4.78, 5) is 3.06. The van der Waals surface area contributed by atoms with Gasteiger partial charge in [0.1, 0.15) is 17.5 Å². The van der Waals surface area contributed by atoms with Crippen LogP contribution >= 0.6 is 0 Å². The topological polar surface area (TPSA) is 95.2 Å². The zero-order chi connectivity index (χ0) is 24.6. The lowest BCUT2D eigenvalue weighted by Gasteiger charge is -2.36. The van der Waals surface area contributed by atoms with Gasteiger partial charge in [-0.15, -0.1) is 0 Å². The van der Waals surface area contributed by atoms with E-state index in [0.29, 0.717) is 55.8 Å². The minimum atomic E-state index is -3.69. The predicted octanol–water partition coefficient (Wildman–Crippen LogP) is 3.51. The highest BCUT2D eigenvalue weighted by Gasteiger charge is 2.35. The van der Waals surface area contributed by atoms with Gasteiger partial charge in [-0.3, -0.25) is 5.32 Å². The van der Waals surface area contributed by atoms with Gasteiger partial charge >= 0.3 is 0 Å². The second-order valence-corrected chi connectivity index (χ2v) is 10.8. The fraction of sp³-hybridized carbons (Fsp3) is 0.417. The average molecular weight is 509 g/mol. The molecule has 1 aliphatic heterocycles. The van der Waals surface area contributed by atoms with Gasteiger partial charge in [-0.05, 0) is 79.1 Å². The number of fused-ring (bicyclic) bond motifs is 1. The average Bonchev–Trinajstić information content (AvgIpc) is 2.95. The van der Waals surface area contributed by atoms with Crippen LogP contribution in [0.3, 0.4) is 0 Å². The minimum absolute atomic E-state index is 0.0196. The zero-order valence-corrected chi connectivity index (χ0v) is 19.7. The Morgan fingerprint density at radius 2 is 1.83 bits per heavy atom. The lowest BCUT2D eigenvalue weighted by molar-refractivity contribution is 0.120. The molecule has 188 valence electrons. The second-order valence-electron chi connectivity index (χ2n) is 9.24. The first-order valence-electron chi connectivity index (χ1n) is 11.6. The molecule has 1 atom stereocenters. The van der Waals surface area contributed by atoms with Gasteiger partial charge in [-0.2, -0.15) is 13.1 Å². The molecule has 2 fully saturated rings. The van der Waals surface area contributed by atoms with Crippen molar-refractivity contribution in [3.63, 3.8) is 0 Å². The number of aromatic amines is 1. The first-order chi connectivity index (χ1) is 16.8. The number of H-pyrrole nitrogens is 1. The van der Waals surface area contributed by atoms with Crippen LogP contribution in [0.5, 0.6) is 0 Å². The van der Waals surface area contributed by atoms with Crippen LogP contribution in [0.15, 0.2) is 36.4 Å². The Morgan fingerprint density at radius 3 is 2.60 bits per heavy atom. The van der Waals surface area contributed by atoms with Crippen LogP contribution in [0.25, 0.3) is 22.2 Å². The van der Waals surface area contributed by atoms with Gasteiger partial charge in [0, 0.05) is 24.0 Å². The standard InChI is InChI=1S/C24H27F3N4O3S/c25-17-3-1-15(2-4-17)23-22(20-9-18(26)10-21(27)24(20)30-23)16-7-14(8-16)11-29-35(32,33)31-19-5-6-28-13-34-12-19/h1-4,9-10,14,16,19,28-31H,5-8,11-13H2/t14?,16?,19-/m1/s1. The molecule has 2 heterocycles. The number of aromatic nitrogens is 1. The molecule has 0 radical (unpaired) electrons. The van der Waals surface area contributed by atoms with Gasteiger partial charge in [0.25, 0.3) is 10.2 Å². The monoisotopic (exact) mass is 508 g/mol. The Hall–Kier alpha value is -2.44. The van der Waals surface area contributed by atoms with Crippen LogP contribution in [0.4, 0.5) is 13.2 Å². The molecular formula is C24H27F3N4O3S. The summed E-state index contributed by atoms with van der Waals surface area (Å²) in [5.41, 5.74) is 2.27. The molecule has 0 unspecified atom stereocenters. The summed E-state index contributed by atoms with van der Waals surface area (Å²) in [6, 6.07) is 7.68. The van der Waals surface area contributed by atoms with Crippen LogP contribution < -0.4 is 14.8 Å². The highest BCUT2D eigenvalue weighted by molar-refractivity contribution is 7.87. The van der Waals surface area contributed by atoms with E-state index in [4.69, 9.17) is 4.74 Å². The van der Waals surface area contributed by atoms with E-state index in [2.05, 4.69) is 19.7 Å². The summed E-state index contributed by atoms with van der Waals surface area (Å²) < 4.78 is 77.6. The summed E-state index contributed by atoms with van der Waals surface area (Å²) in [7, 11) is -3.69. The zero-order valence-electron chi connectivity index (χ0n) is 18.9. The molecule has 1 aromatic heterocycles. The van der Waals surface area contributed by atoms with Crippen molar-refractivity contribution >= 4 is 21.1 Å². The predicted molar refractivity (Wildman–Crippen MR) is 126 cm³/mol. The normalized spacial score (nSPS) is 23.2. The fourth-order valence-electron chi connectivity index (χ4n) is 4.93. The molecule has 11 heteroatoms. The second kappa shape index (κ2) is 9.90. The van der Waals surface area contributed by atoms with Crippen LogP contribution in [-0.2, 0) is 14.9 Å². The Bertz CT molecular complexity index is 1300. The summed E-state index contributed by atoms with van der Waals surface area (Å²) in [5, 5.41) is 3.50. The van der Waals surface area contributed by atoms with Gasteiger partial charge in [0.05, 0.1) is 24.5 Å². The molecular weight excluding hydrogens is 481 g/mol. The van der Waals surface area contributed by atoms with E-state index in [-0.39, 0.29) is 35.8 Å². The van der Waals surface area contributed by atoms with Gasteiger partial charge < -0.3 is 9.72 Å². The van der Waals surface area contributed by atoms with Crippen LogP contribution in [-0.4, -0.2) is 45.9 Å². The lowest BCUT2D eigenvalue weighted by atomic mass is 9.70. The van der Waals surface area contributed by atoms with Crippen LogP contribution in [0.1, 0.15) is 30.7 Å². The van der Waals surface area contributed by atoms with E-state index >= 15 is 0 Å². The number of rotatable bonds is 7. The Labute approximate surface area is 201 Å². The number of benzene rings is 2. The third-order valence-corrected chi connectivity index (χ3v) is 7.91. The van der Waals surface area contributed by atoms with Gasteiger partial charge in [0.15, 0.2) is 0 Å². The minimum Gasteiger partial charge on any atom is -0.365 e.